The number of halogens is 3. The Morgan fingerprint density at radius 2 is 1.33 bits per heavy atom. The van der Waals surface area contributed by atoms with Gasteiger partial charge in [0.15, 0.2) is 5.54 Å². The molecule has 0 bridgehead atoms. The Morgan fingerprint density at radius 1 is 1.13 bits per heavy atom. The third-order valence-electron chi connectivity index (χ3n) is 1.24. The van der Waals surface area contributed by atoms with Crippen molar-refractivity contribution in [1.82, 2.24) is 0 Å². The molecule has 0 amide bonds. The number of carboxylic acid groups (broad SMARTS) is 1. The van der Waals surface area contributed by atoms with Gasteiger partial charge in [-0.25, -0.2) is 0 Å². The van der Waals surface area contributed by atoms with Crippen LogP contribution in [0.15, 0.2) is 0 Å². The molecule has 0 aliphatic carbocycles. The van der Waals surface area contributed by atoms with Gasteiger partial charge in [-0.05, 0) is 0 Å². The van der Waals surface area contributed by atoms with Gasteiger partial charge in [0.1, 0.15) is 25.8 Å². The van der Waals surface area contributed by atoms with Crippen molar-refractivity contribution in [3.05, 3.63) is 0 Å². The van der Waals surface area contributed by atoms with E-state index >= 15 is 0 Å². The van der Waals surface area contributed by atoms with Gasteiger partial charge in [-0.15, -0.1) is 0 Å². The molecule has 0 unspecified atom stereocenters. The van der Waals surface area contributed by atoms with E-state index in [-0.39, 0.29) is 19.8 Å². The van der Waals surface area contributed by atoms with Crippen molar-refractivity contribution in [2.45, 2.75) is 11.7 Å². The van der Waals surface area contributed by atoms with Crippen LogP contribution in [0.1, 0.15) is 0 Å². The Hall–Kier alpha value is -0.900. The van der Waals surface area contributed by atoms with Crippen LogP contribution in [-0.2, 0) is 4.79 Å². The zero-order chi connectivity index (χ0) is 12.7. The smallest absolute Gasteiger partial charge is 0.430 e. The van der Waals surface area contributed by atoms with Crippen molar-refractivity contribution in [2.24, 2.45) is 0 Å². The number of hydrogen-bond donors (Lipinski definition) is 4. The first-order chi connectivity index (χ1) is 6.63. The van der Waals surface area contributed by atoms with Crippen LogP contribution in [-0.4, -0.2) is 52.8 Å². The number of aliphatic carboxylic acids is 1. The second kappa shape index (κ2) is 6.56. The van der Waals surface area contributed by atoms with Gasteiger partial charge in [0.05, 0.1) is 0 Å². The maximum atomic E-state index is 10.5. The molecule has 0 spiro atoms. The number of aliphatic hydroxyl groups excluding tert-OH is 3. The predicted octanol–water partition coefficient (Wildman–Crippen LogP) is -3.76. The molecule has 0 rings (SSSR count). The maximum Gasteiger partial charge on any atom is 0.430 e. The van der Waals surface area contributed by atoms with Gasteiger partial charge in [0.25, 0.3) is 0 Å². The van der Waals surface area contributed by atoms with E-state index in [4.69, 9.17) is 25.2 Å². The van der Waals surface area contributed by atoms with E-state index in [1.807, 2.05) is 0 Å². The summed E-state index contributed by atoms with van der Waals surface area (Å²) in [7, 11) is 0. The lowest BCUT2D eigenvalue weighted by Gasteiger charge is -2.16. The van der Waals surface area contributed by atoms with Crippen molar-refractivity contribution in [1.29, 1.82) is 0 Å². The number of carbonyl (C=O) groups is 1. The van der Waals surface area contributed by atoms with Crippen LogP contribution < -0.4 is 10.8 Å². The summed E-state index contributed by atoms with van der Waals surface area (Å²) in [6, 6.07) is 0. The summed E-state index contributed by atoms with van der Waals surface area (Å²) in [4.78, 5) is 8.78. The summed E-state index contributed by atoms with van der Waals surface area (Å²) in [6.45, 7) is -0.875. The number of alkyl halides is 3. The molecule has 0 aliphatic heterocycles. The molecule has 0 aromatic rings. The fraction of sp³-hybridized carbons (Fsp3) is 0.833. The maximum absolute atomic E-state index is 10.5. The summed E-state index contributed by atoms with van der Waals surface area (Å²) < 4.78 is 31.5. The fourth-order valence-corrected chi connectivity index (χ4v) is 0.150. The summed E-state index contributed by atoms with van der Waals surface area (Å²) >= 11 is 0. The van der Waals surface area contributed by atoms with E-state index in [1.54, 1.807) is 0 Å². The Morgan fingerprint density at radius 3 is 1.33 bits per heavy atom. The quantitative estimate of drug-likeness (QED) is 0.399. The molecule has 92 valence electrons. The highest BCUT2D eigenvalue weighted by Gasteiger charge is 2.28. The number of carboxylic acids is 1. The lowest BCUT2D eigenvalue weighted by Crippen LogP contribution is -2.78. The van der Waals surface area contributed by atoms with Crippen molar-refractivity contribution in [3.8, 4) is 0 Å². The molecule has 0 radical (unpaired) electrons. The van der Waals surface area contributed by atoms with Gasteiger partial charge in [0.2, 0.25) is 0 Å². The Kier molecular flexibility index (Phi) is 7.23. The van der Waals surface area contributed by atoms with E-state index < -0.39 is 17.7 Å². The van der Waals surface area contributed by atoms with Crippen molar-refractivity contribution < 1.29 is 44.1 Å². The second-order valence-corrected chi connectivity index (χ2v) is 2.76. The monoisotopic (exact) mass is 235 g/mol. The second-order valence-electron chi connectivity index (χ2n) is 2.76. The highest BCUT2D eigenvalue weighted by molar-refractivity contribution is 5.70. The minimum atomic E-state index is -5.19. The first-order valence-corrected chi connectivity index (χ1v) is 3.59. The average molecular weight is 235 g/mol. The van der Waals surface area contributed by atoms with Gasteiger partial charge in [-0.2, -0.15) is 13.2 Å². The van der Waals surface area contributed by atoms with Gasteiger partial charge >= 0.3 is 6.18 Å². The first kappa shape index (κ1) is 16.5. The zero-order valence-corrected chi connectivity index (χ0v) is 7.62. The first-order valence-electron chi connectivity index (χ1n) is 3.59. The summed E-state index contributed by atoms with van der Waals surface area (Å²) in [6.07, 6.45) is -5.19. The van der Waals surface area contributed by atoms with Crippen LogP contribution in [0.3, 0.4) is 0 Å². The van der Waals surface area contributed by atoms with Gasteiger partial charge < -0.3 is 31.0 Å². The largest absolute Gasteiger partial charge is 0.542 e. The van der Waals surface area contributed by atoms with E-state index in [0.29, 0.717) is 0 Å². The average Bonchev–Trinajstić information content (AvgIpc) is 2.16. The highest BCUT2D eigenvalue weighted by Crippen LogP contribution is 2.11. The molecule has 0 atom stereocenters. The molecule has 6 nitrogen and oxygen atoms in total. The number of quaternary nitrogens is 1. The molecule has 0 aliphatic rings. The van der Waals surface area contributed by atoms with Crippen molar-refractivity contribution >= 4 is 5.97 Å². The SMILES string of the molecule is O=C([O-])C(F)(F)F.[NH3+]C(CO)(CO)CO. The normalized spacial score (nSPS) is 11.7. The van der Waals surface area contributed by atoms with E-state index in [9.17, 15) is 13.2 Å². The van der Waals surface area contributed by atoms with Gasteiger partial charge in [-0.1, -0.05) is 0 Å². The number of aliphatic hydroxyl groups is 3. The third kappa shape index (κ3) is 8.12. The van der Waals surface area contributed by atoms with Crippen LogP contribution >= 0.6 is 0 Å². The molecule has 0 aromatic carbocycles. The third-order valence-corrected chi connectivity index (χ3v) is 1.24. The van der Waals surface area contributed by atoms with Crippen LogP contribution in [0.4, 0.5) is 13.2 Å². The minimum absolute atomic E-state index is 0.292. The molecule has 6 N–H and O–H groups in total. The molecule has 0 aromatic heterocycles. The topological polar surface area (TPSA) is 128 Å². The summed E-state index contributed by atoms with van der Waals surface area (Å²) in [5.41, 5.74) is 2.42. The minimum Gasteiger partial charge on any atom is -0.542 e. The Labute approximate surface area is 82.7 Å². The van der Waals surface area contributed by atoms with Crippen LogP contribution in [0.2, 0.25) is 0 Å². The van der Waals surface area contributed by atoms with Crippen LogP contribution in [0.5, 0.6) is 0 Å². The standard InChI is InChI=1S/C4H11NO3.C2HF3O2/c5-4(1-6,2-7)3-8;3-2(4,5)1(6)7/h6-8H,1-3,5H2;(H,6,7). The summed E-state index contributed by atoms with van der Waals surface area (Å²) in [5.74, 6) is -3.01. The molecule has 9 heteroatoms. The lowest BCUT2D eigenvalue weighted by molar-refractivity contribution is -0.494. The number of carbonyl (C=O) groups excluding carboxylic acids is 1. The van der Waals surface area contributed by atoms with E-state index in [2.05, 4.69) is 5.73 Å². The van der Waals surface area contributed by atoms with Crippen molar-refractivity contribution in [2.75, 3.05) is 19.8 Å². The number of hydrogen-bond acceptors (Lipinski definition) is 5. The number of rotatable bonds is 3. The van der Waals surface area contributed by atoms with Gasteiger partial charge in [0, 0.05) is 0 Å². The molecule has 0 fully saturated rings. The lowest BCUT2D eigenvalue weighted by atomic mass is 10.1. The van der Waals surface area contributed by atoms with Crippen LogP contribution in [0, 0.1) is 0 Å². The van der Waals surface area contributed by atoms with Crippen LogP contribution in [0.25, 0.3) is 0 Å². The molecule has 0 saturated heterocycles. The molecular formula is C6H12F3NO5. The zero-order valence-electron chi connectivity index (χ0n) is 7.62. The molecule has 0 heterocycles. The Bertz CT molecular complexity index is 183. The van der Waals surface area contributed by atoms with Crippen molar-refractivity contribution in [3.63, 3.8) is 0 Å². The predicted molar refractivity (Wildman–Crippen MR) is 37.9 cm³/mol. The fourth-order valence-electron chi connectivity index (χ4n) is 0.150. The van der Waals surface area contributed by atoms with E-state index in [0.717, 1.165) is 0 Å². The molecule has 15 heavy (non-hydrogen) atoms. The van der Waals surface area contributed by atoms with E-state index in [1.165, 1.54) is 0 Å². The highest BCUT2D eigenvalue weighted by atomic mass is 19.4. The summed E-state index contributed by atoms with van der Waals surface area (Å²) in [5, 5.41) is 34.0. The molecule has 0 saturated carbocycles. The molecular weight excluding hydrogens is 223 g/mol. The van der Waals surface area contributed by atoms with Gasteiger partial charge in [-0.3, -0.25) is 0 Å². The Balaban J connectivity index is 0.